The van der Waals surface area contributed by atoms with Crippen LogP contribution in [0.4, 0.5) is 4.79 Å². The summed E-state index contributed by atoms with van der Waals surface area (Å²) in [6.45, 7) is 1.78. The predicted molar refractivity (Wildman–Crippen MR) is 132 cm³/mol. The highest BCUT2D eigenvalue weighted by atomic mass is 35.5. The first-order chi connectivity index (χ1) is 16.8. The molecule has 0 radical (unpaired) electrons. The van der Waals surface area contributed by atoms with Crippen molar-refractivity contribution in [1.29, 1.82) is 0 Å². The molecular weight excluding hydrogens is 468 g/mol. The molecule has 0 bridgehead atoms. The fraction of sp³-hybridized carbons (Fsp3) is 0.222. The fourth-order valence-corrected chi connectivity index (χ4v) is 4.68. The van der Waals surface area contributed by atoms with Gasteiger partial charge in [0.25, 0.3) is 0 Å². The minimum atomic E-state index is -1.31. The van der Waals surface area contributed by atoms with Crippen molar-refractivity contribution in [2.24, 2.45) is 0 Å². The first-order valence-electron chi connectivity index (χ1n) is 11.2. The van der Waals surface area contributed by atoms with Gasteiger partial charge in [-0.15, -0.1) is 0 Å². The number of amides is 2. The number of carboxylic acid groups (broad SMARTS) is 1. The minimum absolute atomic E-state index is 0.0529. The quantitative estimate of drug-likeness (QED) is 0.415. The molecule has 180 valence electrons. The van der Waals surface area contributed by atoms with Crippen LogP contribution in [0.3, 0.4) is 0 Å². The maximum atomic E-state index is 12.8. The van der Waals surface area contributed by atoms with E-state index in [2.05, 4.69) is 10.6 Å². The number of carbonyl (C=O) groups excluding carboxylic acids is 2. The standard InChI is InChI=1S/C27H25ClN2O5/c1-16(17-8-6-7-13-23(17)28)29-26(33)24(14-25(31)32)30-27(34)35-15-22-20-11-4-2-9-18(20)19-10-3-5-12-21(19)22/h2-13,16,22,24H,14-15H2,1H3,(H,29,33)(H,30,34)(H,31,32). The molecule has 0 fully saturated rings. The highest BCUT2D eigenvalue weighted by Gasteiger charge is 2.30. The van der Waals surface area contributed by atoms with Gasteiger partial charge in [-0.1, -0.05) is 78.3 Å². The number of aliphatic carboxylic acids is 1. The summed E-state index contributed by atoms with van der Waals surface area (Å²) in [6, 6.07) is 21.1. The second-order valence-electron chi connectivity index (χ2n) is 8.37. The second kappa shape index (κ2) is 10.6. The normalized spacial score (nSPS) is 13.8. The molecular formula is C27H25ClN2O5. The lowest BCUT2D eigenvalue weighted by molar-refractivity contribution is -0.140. The molecule has 2 atom stereocenters. The maximum absolute atomic E-state index is 12.8. The van der Waals surface area contributed by atoms with Crippen molar-refractivity contribution in [1.82, 2.24) is 10.6 Å². The van der Waals surface area contributed by atoms with Crippen molar-refractivity contribution in [3.63, 3.8) is 0 Å². The number of carbonyl (C=O) groups is 3. The van der Waals surface area contributed by atoms with Gasteiger partial charge < -0.3 is 20.5 Å². The molecule has 2 amide bonds. The Hall–Kier alpha value is -3.84. The van der Waals surface area contributed by atoms with E-state index >= 15 is 0 Å². The Morgan fingerprint density at radius 1 is 0.914 bits per heavy atom. The number of hydrogen-bond donors (Lipinski definition) is 3. The van der Waals surface area contributed by atoms with Crippen molar-refractivity contribution >= 4 is 29.6 Å². The average Bonchev–Trinajstić information content (AvgIpc) is 3.16. The van der Waals surface area contributed by atoms with Gasteiger partial charge >= 0.3 is 12.1 Å². The smallest absolute Gasteiger partial charge is 0.407 e. The molecule has 1 aliphatic rings. The van der Waals surface area contributed by atoms with E-state index in [4.69, 9.17) is 16.3 Å². The maximum Gasteiger partial charge on any atom is 0.407 e. The van der Waals surface area contributed by atoms with E-state index in [1.807, 2.05) is 48.5 Å². The van der Waals surface area contributed by atoms with Crippen molar-refractivity contribution in [3.05, 3.63) is 94.5 Å². The summed E-state index contributed by atoms with van der Waals surface area (Å²) < 4.78 is 5.47. The number of alkyl carbamates (subject to hydrolysis) is 1. The Bertz CT molecular complexity index is 1220. The van der Waals surface area contributed by atoms with E-state index in [0.29, 0.717) is 10.6 Å². The van der Waals surface area contributed by atoms with Crippen LogP contribution in [0.15, 0.2) is 72.8 Å². The molecule has 3 N–H and O–H groups in total. The topological polar surface area (TPSA) is 105 Å². The molecule has 3 aromatic rings. The number of carboxylic acids is 1. The molecule has 0 aliphatic heterocycles. The molecule has 7 nitrogen and oxygen atoms in total. The zero-order valence-electron chi connectivity index (χ0n) is 19.0. The Kier molecular flexibility index (Phi) is 7.36. The van der Waals surface area contributed by atoms with Crippen LogP contribution >= 0.6 is 11.6 Å². The van der Waals surface area contributed by atoms with Gasteiger partial charge in [0.15, 0.2) is 0 Å². The van der Waals surface area contributed by atoms with Crippen LogP contribution in [-0.2, 0) is 14.3 Å². The molecule has 0 aromatic heterocycles. The zero-order valence-corrected chi connectivity index (χ0v) is 19.8. The summed E-state index contributed by atoms with van der Waals surface area (Å²) in [5.74, 6) is -2.03. The highest BCUT2D eigenvalue weighted by molar-refractivity contribution is 6.31. The van der Waals surface area contributed by atoms with Gasteiger partial charge in [-0.05, 0) is 40.8 Å². The van der Waals surface area contributed by atoms with E-state index in [0.717, 1.165) is 22.3 Å². The molecule has 8 heteroatoms. The van der Waals surface area contributed by atoms with Crippen molar-refractivity contribution < 1.29 is 24.2 Å². The zero-order chi connectivity index (χ0) is 24.9. The second-order valence-corrected chi connectivity index (χ2v) is 8.78. The molecule has 3 aromatic carbocycles. The molecule has 2 unspecified atom stereocenters. The number of benzene rings is 3. The fourth-order valence-electron chi connectivity index (χ4n) is 4.38. The van der Waals surface area contributed by atoms with Crippen LogP contribution in [0.5, 0.6) is 0 Å². The summed E-state index contributed by atoms with van der Waals surface area (Å²) in [5, 5.41) is 14.9. The highest BCUT2D eigenvalue weighted by Crippen LogP contribution is 2.44. The summed E-state index contributed by atoms with van der Waals surface area (Å²) in [5.41, 5.74) is 4.96. The Balaban J connectivity index is 1.42. The lowest BCUT2D eigenvalue weighted by Gasteiger charge is -2.21. The number of nitrogens with one attached hydrogen (secondary N) is 2. The molecule has 35 heavy (non-hydrogen) atoms. The third kappa shape index (κ3) is 5.46. The summed E-state index contributed by atoms with van der Waals surface area (Å²) in [6.07, 6.45) is -1.45. The van der Waals surface area contributed by atoms with E-state index in [9.17, 15) is 19.5 Å². The van der Waals surface area contributed by atoms with Gasteiger partial charge in [-0.3, -0.25) is 9.59 Å². The Morgan fingerprint density at radius 3 is 2.09 bits per heavy atom. The first kappa shape index (κ1) is 24.3. The van der Waals surface area contributed by atoms with Gasteiger partial charge in [-0.2, -0.15) is 0 Å². The molecule has 4 rings (SSSR count). The lowest BCUT2D eigenvalue weighted by Crippen LogP contribution is -2.48. The van der Waals surface area contributed by atoms with E-state index in [-0.39, 0.29) is 12.5 Å². The van der Waals surface area contributed by atoms with Crippen LogP contribution in [-0.4, -0.2) is 35.7 Å². The summed E-state index contributed by atoms with van der Waals surface area (Å²) >= 11 is 6.19. The third-order valence-electron chi connectivity index (χ3n) is 6.06. The number of rotatable bonds is 8. The van der Waals surface area contributed by atoms with Crippen LogP contribution in [0.25, 0.3) is 11.1 Å². The minimum Gasteiger partial charge on any atom is -0.481 e. The van der Waals surface area contributed by atoms with E-state index < -0.39 is 36.5 Å². The molecule has 0 saturated heterocycles. The van der Waals surface area contributed by atoms with Crippen LogP contribution in [0.1, 0.15) is 42.0 Å². The summed E-state index contributed by atoms with van der Waals surface area (Å²) in [4.78, 5) is 36.8. The van der Waals surface area contributed by atoms with Crippen molar-refractivity contribution in [2.45, 2.75) is 31.3 Å². The van der Waals surface area contributed by atoms with Crippen molar-refractivity contribution in [2.75, 3.05) is 6.61 Å². The number of hydrogen-bond acceptors (Lipinski definition) is 4. The Labute approximate surface area is 208 Å². The SMILES string of the molecule is CC(NC(=O)C(CC(=O)O)NC(=O)OCC1c2ccccc2-c2ccccc21)c1ccccc1Cl. The number of fused-ring (bicyclic) bond motifs is 3. The summed E-state index contributed by atoms with van der Waals surface area (Å²) in [7, 11) is 0. The van der Waals surface area contributed by atoms with Gasteiger partial charge in [0.05, 0.1) is 12.5 Å². The number of halogens is 1. The largest absolute Gasteiger partial charge is 0.481 e. The monoisotopic (exact) mass is 492 g/mol. The van der Waals surface area contributed by atoms with Gasteiger partial charge in [-0.25, -0.2) is 4.79 Å². The Morgan fingerprint density at radius 2 is 1.49 bits per heavy atom. The molecule has 1 aliphatic carbocycles. The van der Waals surface area contributed by atoms with E-state index in [1.165, 1.54) is 0 Å². The molecule has 0 heterocycles. The predicted octanol–water partition coefficient (Wildman–Crippen LogP) is 4.90. The van der Waals surface area contributed by atoms with Crippen molar-refractivity contribution in [3.8, 4) is 11.1 Å². The van der Waals surface area contributed by atoms with Gasteiger partial charge in [0, 0.05) is 10.9 Å². The van der Waals surface area contributed by atoms with Crippen LogP contribution < -0.4 is 10.6 Å². The van der Waals surface area contributed by atoms with Gasteiger partial charge in [0.2, 0.25) is 5.91 Å². The first-order valence-corrected chi connectivity index (χ1v) is 11.6. The third-order valence-corrected chi connectivity index (χ3v) is 6.41. The van der Waals surface area contributed by atoms with Gasteiger partial charge in [0.1, 0.15) is 12.6 Å². The lowest BCUT2D eigenvalue weighted by atomic mass is 9.98. The molecule has 0 spiro atoms. The number of ether oxygens (including phenoxy) is 1. The van der Waals surface area contributed by atoms with E-state index in [1.54, 1.807) is 31.2 Å². The van der Waals surface area contributed by atoms with Crippen LogP contribution in [0, 0.1) is 0 Å². The molecule has 0 saturated carbocycles. The average molecular weight is 493 g/mol. The van der Waals surface area contributed by atoms with Crippen LogP contribution in [0.2, 0.25) is 5.02 Å².